The van der Waals surface area contributed by atoms with E-state index < -0.39 is 0 Å². The van der Waals surface area contributed by atoms with Crippen LogP contribution < -0.4 is 0 Å². The molecule has 2 aliphatic heterocycles. The summed E-state index contributed by atoms with van der Waals surface area (Å²) in [6.45, 7) is 8.58. The maximum atomic E-state index is 6.51. The number of aromatic nitrogens is 1. The average Bonchev–Trinajstić information content (AvgIpc) is 2.69. The molecule has 0 amide bonds. The molecule has 4 nitrogen and oxygen atoms in total. The minimum atomic E-state index is 0. The number of piperidine rings is 1. The Kier molecular flexibility index (Phi) is 7.47. The molecule has 2 aromatic rings. The summed E-state index contributed by atoms with van der Waals surface area (Å²) < 4.78 is 6.51. The fourth-order valence-corrected chi connectivity index (χ4v) is 4.57. The largest absolute Gasteiger partial charge is 0.369 e. The predicted octanol–water partition coefficient (Wildman–Crippen LogP) is 3.80. The summed E-state index contributed by atoms with van der Waals surface area (Å²) in [5.74, 6) is 0. The molecule has 2 aliphatic rings. The normalized spacial score (nSPS) is 22.7. The van der Waals surface area contributed by atoms with E-state index in [1.165, 1.54) is 5.56 Å². The molecule has 1 unspecified atom stereocenters. The third-order valence-corrected chi connectivity index (χ3v) is 5.92. The highest BCUT2D eigenvalue weighted by molar-refractivity contribution is 5.85. The van der Waals surface area contributed by atoms with Crippen LogP contribution in [0.25, 0.3) is 0 Å². The van der Waals surface area contributed by atoms with Gasteiger partial charge in [-0.05, 0) is 43.9 Å². The third-order valence-electron chi connectivity index (χ3n) is 5.92. The number of hydrogen-bond acceptors (Lipinski definition) is 4. The Balaban J connectivity index is 0.00000225. The van der Waals surface area contributed by atoms with Crippen LogP contribution in [0.3, 0.4) is 0 Å². The Morgan fingerprint density at radius 2 is 1.79 bits per heavy atom. The van der Waals surface area contributed by atoms with Gasteiger partial charge in [0.2, 0.25) is 0 Å². The van der Waals surface area contributed by atoms with Crippen molar-refractivity contribution in [2.75, 3.05) is 32.7 Å². The van der Waals surface area contributed by atoms with Gasteiger partial charge in [-0.25, -0.2) is 0 Å². The van der Waals surface area contributed by atoms with Crippen molar-refractivity contribution in [1.29, 1.82) is 0 Å². The molecular weight excluding hydrogens is 370 g/mol. The van der Waals surface area contributed by atoms with Crippen LogP contribution in [0.5, 0.6) is 0 Å². The minimum absolute atomic E-state index is 0. The molecule has 28 heavy (non-hydrogen) atoms. The van der Waals surface area contributed by atoms with Gasteiger partial charge in [-0.2, -0.15) is 0 Å². The number of likely N-dealkylation sites (tertiary alicyclic amines) is 1. The lowest BCUT2D eigenvalue weighted by atomic mass is 9.88. The van der Waals surface area contributed by atoms with Crippen molar-refractivity contribution in [3.63, 3.8) is 0 Å². The highest BCUT2D eigenvalue weighted by Crippen LogP contribution is 2.32. The molecule has 0 aliphatic carbocycles. The lowest BCUT2D eigenvalue weighted by Gasteiger charge is -2.49. The van der Waals surface area contributed by atoms with Gasteiger partial charge in [-0.1, -0.05) is 36.4 Å². The SMILES string of the molecule is CC1CN(Cc2ccccn2)CC2(CCN(CCc3ccccc3)CC2)O1.Cl. The van der Waals surface area contributed by atoms with E-state index >= 15 is 0 Å². The first kappa shape index (κ1) is 21.3. The van der Waals surface area contributed by atoms with Crippen LogP contribution in [-0.2, 0) is 17.7 Å². The second-order valence-corrected chi connectivity index (χ2v) is 8.18. The lowest BCUT2D eigenvalue weighted by molar-refractivity contribution is -0.171. The van der Waals surface area contributed by atoms with Gasteiger partial charge in [0.05, 0.1) is 17.4 Å². The van der Waals surface area contributed by atoms with Crippen LogP contribution >= 0.6 is 12.4 Å². The number of hydrogen-bond donors (Lipinski definition) is 0. The smallest absolute Gasteiger partial charge is 0.0837 e. The summed E-state index contributed by atoms with van der Waals surface area (Å²) in [7, 11) is 0. The Bertz CT molecular complexity index is 704. The van der Waals surface area contributed by atoms with E-state index in [1.807, 2.05) is 12.3 Å². The minimum Gasteiger partial charge on any atom is -0.369 e. The van der Waals surface area contributed by atoms with Crippen molar-refractivity contribution in [3.05, 3.63) is 66.0 Å². The van der Waals surface area contributed by atoms with Gasteiger partial charge >= 0.3 is 0 Å². The molecule has 0 saturated carbocycles. The highest BCUT2D eigenvalue weighted by Gasteiger charge is 2.41. The number of ether oxygens (including phenoxy) is 1. The van der Waals surface area contributed by atoms with Crippen LogP contribution in [0, 0.1) is 0 Å². The average molecular weight is 402 g/mol. The molecule has 2 saturated heterocycles. The van der Waals surface area contributed by atoms with Crippen molar-refractivity contribution in [1.82, 2.24) is 14.8 Å². The van der Waals surface area contributed by atoms with E-state index in [2.05, 4.69) is 64.2 Å². The predicted molar refractivity (Wildman–Crippen MR) is 116 cm³/mol. The Hall–Kier alpha value is -1.46. The van der Waals surface area contributed by atoms with Gasteiger partial charge in [0.1, 0.15) is 0 Å². The standard InChI is InChI=1S/C23H31N3O.ClH/c1-20-17-26(18-22-9-5-6-13-24-22)19-23(27-20)11-15-25(16-12-23)14-10-21-7-3-2-4-8-21;/h2-9,13,20H,10-12,14-19H2,1H3;1H. The summed E-state index contributed by atoms with van der Waals surface area (Å²) in [5, 5.41) is 0. The number of nitrogens with zero attached hydrogens (tertiary/aromatic N) is 3. The Morgan fingerprint density at radius 3 is 2.50 bits per heavy atom. The second kappa shape index (κ2) is 9.84. The number of rotatable bonds is 5. The molecule has 2 fully saturated rings. The monoisotopic (exact) mass is 401 g/mol. The first-order chi connectivity index (χ1) is 13.2. The second-order valence-electron chi connectivity index (χ2n) is 8.18. The van der Waals surface area contributed by atoms with Gasteiger partial charge in [0.15, 0.2) is 0 Å². The highest BCUT2D eigenvalue weighted by atomic mass is 35.5. The molecular formula is C23H32ClN3O. The Morgan fingerprint density at radius 1 is 1.04 bits per heavy atom. The van der Waals surface area contributed by atoms with E-state index in [1.54, 1.807) is 0 Å². The van der Waals surface area contributed by atoms with Gasteiger partial charge in [-0.15, -0.1) is 12.4 Å². The van der Waals surface area contributed by atoms with E-state index in [4.69, 9.17) is 4.74 Å². The van der Waals surface area contributed by atoms with Gasteiger partial charge in [0, 0.05) is 45.5 Å². The van der Waals surface area contributed by atoms with Crippen molar-refractivity contribution in [3.8, 4) is 0 Å². The first-order valence-electron chi connectivity index (χ1n) is 10.3. The zero-order chi connectivity index (χ0) is 18.5. The number of morpholine rings is 1. The van der Waals surface area contributed by atoms with Gasteiger partial charge in [0.25, 0.3) is 0 Å². The lowest BCUT2D eigenvalue weighted by Crippen LogP contribution is -2.59. The van der Waals surface area contributed by atoms with Crippen LogP contribution in [0.15, 0.2) is 54.7 Å². The zero-order valence-corrected chi connectivity index (χ0v) is 17.6. The number of pyridine rings is 1. The van der Waals surface area contributed by atoms with Crippen LogP contribution in [0.4, 0.5) is 0 Å². The fourth-order valence-electron chi connectivity index (χ4n) is 4.57. The molecule has 152 valence electrons. The quantitative estimate of drug-likeness (QED) is 0.761. The maximum Gasteiger partial charge on any atom is 0.0837 e. The summed E-state index contributed by atoms with van der Waals surface area (Å²) in [6, 6.07) is 17.0. The van der Waals surface area contributed by atoms with E-state index in [0.717, 1.165) is 64.2 Å². The zero-order valence-electron chi connectivity index (χ0n) is 16.8. The summed E-state index contributed by atoms with van der Waals surface area (Å²) in [4.78, 5) is 9.64. The summed E-state index contributed by atoms with van der Waals surface area (Å²) in [5.41, 5.74) is 2.61. The van der Waals surface area contributed by atoms with Crippen LogP contribution in [0.1, 0.15) is 31.0 Å². The van der Waals surface area contributed by atoms with E-state index in [9.17, 15) is 0 Å². The molecule has 1 aromatic heterocycles. The summed E-state index contributed by atoms with van der Waals surface area (Å²) in [6.07, 6.45) is 5.57. The molecule has 4 rings (SSSR count). The third kappa shape index (κ3) is 5.54. The van der Waals surface area contributed by atoms with Crippen molar-refractivity contribution in [2.24, 2.45) is 0 Å². The molecule has 3 heterocycles. The van der Waals surface area contributed by atoms with Crippen LogP contribution in [-0.4, -0.2) is 59.2 Å². The summed E-state index contributed by atoms with van der Waals surface area (Å²) >= 11 is 0. The molecule has 1 aromatic carbocycles. The molecule has 1 spiro atoms. The Labute approximate surface area is 175 Å². The number of benzene rings is 1. The number of halogens is 1. The fraction of sp³-hybridized carbons (Fsp3) is 0.522. The molecule has 5 heteroatoms. The maximum absolute atomic E-state index is 6.51. The van der Waals surface area contributed by atoms with Crippen molar-refractivity contribution in [2.45, 2.75) is 44.4 Å². The molecule has 0 bridgehead atoms. The molecule has 0 radical (unpaired) electrons. The van der Waals surface area contributed by atoms with Crippen LogP contribution in [0.2, 0.25) is 0 Å². The van der Waals surface area contributed by atoms with Gasteiger partial charge in [-0.3, -0.25) is 9.88 Å². The van der Waals surface area contributed by atoms with E-state index in [-0.39, 0.29) is 18.0 Å². The first-order valence-corrected chi connectivity index (χ1v) is 10.3. The van der Waals surface area contributed by atoms with Gasteiger partial charge < -0.3 is 9.64 Å². The van der Waals surface area contributed by atoms with Crippen molar-refractivity contribution < 1.29 is 4.74 Å². The molecule has 1 atom stereocenters. The van der Waals surface area contributed by atoms with Crippen molar-refractivity contribution >= 4 is 12.4 Å². The topological polar surface area (TPSA) is 28.6 Å². The molecule has 0 N–H and O–H groups in total. The van der Waals surface area contributed by atoms with E-state index in [0.29, 0.717) is 6.10 Å².